The van der Waals surface area contributed by atoms with Gasteiger partial charge >= 0.3 is 16.1 Å². The van der Waals surface area contributed by atoms with Crippen molar-refractivity contribution in [1.29, 1.82) is 0 Å². The summed E-state index contributed by atoms with van der Waals surface area (Å²) in [4.78, 5) is 20.4. The van der Waals surface area contributed by atoms with Gasteiger partial charge in [0.25, 0.3) is 5.16 Å². The Labute approximate surface area is 92.0 Å². The summed E-state index contributed by atoms with van der Waals surface area (Å²) in [7, 11) is -4.72. The lowest BCUT2D eigenvalue weighted by atomic mass is 11.1. The molecule has 0 aromatic carbocycles. The quantitative estimate of drug-likeness (QED) is 0.599. The van der Waals surface area contributed by atoms with Gasteiger partial charge in [0.05, 0.1) is 11.3 Å². The fourth-order valence-corrected chi connectivity index (χ4v) is 2.44. The predicted octanol–water partition coefficient (Wildman–Crippen LogP) is -2.26. The minimum atomic E-state index is -4.72. The van der Waals surface area contributed by atoms with Gasteiger partial charge in [0.2, 0.25) is 0 Å². The van der Waals surface area contributed by atoms with Gasteiger partial charge in [0.15, 0.2) is 0 Å². The lowest BCUT2D eigenvalue weighted by Crippen LogP contribution is -2.42. The maximum atomic E-state index is 11.5. The lowest BCUT2D eigenvalue weighted by molar-refractivity contribution is 0.243. The van der Waals surface area contributed by atoms with Crippen LogP contribution in [0, 0.1) is 0 Å². The molecular formula is C4H4N5O5S2-. The molecule has 1 aromatic heterocycles. The van der Waals surface area contributed by atoms with Crippen LogP contribution in [-0.4, -0.2) is 41.9 Å². The topological polar surface area (TPSA) is 159 Å². The molecule has 0 spiro atoms. The summed E-state index contributed by atoms with van der Waals surface area (Å²) in [6.07, 6.45) is 1.65. The van der Waals surface area contributed by atoms with Crippen molar-refractivity contribution in [3.63, 3.8) is 0 Å². The molecule has 16 heavy (non-hydrogen) atoms. The summed E-state index contributed by atoms with van der Waals surface area (Å²) < 4.78 is 43.5. The highest BCUT2D eigenvalue weighted by Crippen LogP contribution is 2.10. The Kier molecular flexibility index (Phi) is 3.46. The van der Waals surface area contributed by atoms with Gasteiger partial charge in [-0.2, -0.15) is 8.42 Å². The molecule has 88 valence electrons. The molecule has 1 heterocycles. The second-order valence-corrected chi connectivity index (χ2v) is 4.92. The molecule has 1 rings (SSSR count). The number of amides is 2. The molecular weight excluding hydrogens is 262 g/mol. The fourth-order valence-electron chi connectivity index (χ4n) is 0.708. The molecule has 0 bridgehead atoms. The summed E-state index contributed by atoms with van der Waals surface area (Å²) in [6.45, 7) is 0. The largest absolute Gasteiger partial charge is 0.754 e. The second kappa shape index (κ2) is 4.46. The van der Waals surface area contributed by atoms with Crippen LogP contribution in [0.5, 0.6) is 0 Å². The van der Waals surface area contributed by atoms with E-state index in [1.165, 1.54) is 0 Å². The number of urea groups is 1. The third-order valence-corrected chi connectivity index (χ3v) is 3.93. The van der Waals surface area contributed by atoms with Crippen molar-refractivity contribution in [2.45, 2.75) is 5.16 Å². The molecule has 1 aromatic rings. The standard InChI is InChI=1S/C4H5N5O5S2/c5-3(10)9(15(11)12)16(13,14)4-7-1-6-2-8-4/h1-2H,(H2,5,10)(H,11,12)/p-1. The Morgan fingerprint density at radius 1 is 1.44 bits per heavy atom. The van der Waals surface area contributed by atoms with Crippen molar-refractivity contribution in [2.24, 2.45) is 5.73 Å². The summed E-state index contributed by atoms with van der Waals surface area (Å²) >= 11 is -3.38. The first kappa shape index (κ1) is 12.4. The number of nitrogens with two attached hydrogens (primary N) is 1. The van der Waals surface area contributed by atoms with E-state index in [9.17, 15) is 22.0 Å². The first-order valence-corrected chi connectivity index (χ1v) is 5.90. The van der Waals surface area contributed by atoms with E-state index in [2.05, 4.69) is 20.7 Å². The zero-order chi connectivity index (χ0) is 12.3. The normalized spacial score (nSPS) is 13.1. The summed E-state index contributed by atoms with van der Waals surface area (Å²) in [5, 5.41) is -0.898. The number of nitrogens with zero attached hydrogens (tertiary/aromatic N) is 4. The smallest absolute Gasteiger partial charge is 0.340 e. The molecule has 10 nitrogen and oxygen atoms in total. The number of carbonyl (C=O) groups is 1. The molecule has 0 aliphatic heterocycles. The molecule has 2 N–H and O–H groups in total. The van der Waals surface area contributed by atoms with Crippen molar-refractivity contribution in [2.75, 3.05) is 0 Å². The van der Waals surface area contributed by atoms with Crippen LogP contribution >= 0.6 is 0 Å². The van der Waals surface area contributed by atoms with Gasteiger partial charge in [-0.3, -0.25) is 4.21 Å². The first-order valence-electron chi connectivity index (χ1n) is 3.43. The zero-order valence-electron chi connectivity index (χ0n) is 7.38. The number of rotatable bonds is 3. The van der Waals surface area contributed by atoms with Crippen LogP contribution in [0.3, 0.4) is 0 Å². The molecule has 12 heteroatoms. The van der Waals surface area contributed by atoms with Crippen molar-refractivity contribution in [1.82, 2.24) is 18.7 Å². The molecule has 0 radical (unpaired) electrons. The van der Waals surface area contributed by atoms with Crippen molar-refractivity contribution in [3.8, 4) is 0 Å². The molecule has 0 aliphatic carbocycles. The SMILES string of the molecule is NC(=O)N(S(=O)[O-])S(=O)(=O)c1ncncn1. The number of hydrogen-bond acceptors (Lipinski definition) is 8. The van der Waals surface area contributed by atoms with Crippen molar-refractivity contribution in [3.05, 3.63) is 12.7 Å². The lowest BCUT2D eigenvalue weighted by Gasteiger charge is -2.19. The van der Waals surface area contributed by atoms with Gasteiger partial charge < -0.3 is 10.3 Å². The van der Waals surface area contributed by atoms with E-state index in [0.717, 1.165) is 12.7 Å². The fraction of sp³-hybridized carbons (Fsp3) is 0. The van der Waals surface area contributed by atoms with Gasteiger partial charge in [0.1, 0.15) is 12.7 Å². The highest BCUT2D eigenvalue weighted by atomic mass is 32.3. The number of carbonyl (C=O) groups excluding carboxylic acids is 1. The van der Waals surface area contributed by atoms with Gasteiger partial charge in [-0.1, -0.05) is 0 Å². The van der Waals surface area contributed by atoms with Crippen LogP contribution in [-0.2, 0) is 21.3 Å². The van der Waals surface area contributed by atoms with Gasteiger partial charge in [-0.15, -0.1) is 3.71 Å². The van der Waals surface area contributed by atoms with Crippen LogP contribution in [0.4, 0.5) is 4.79 Å². The molecule has 0 saturated heterocycles. The maximum absolute atomic E-state index is 11.5. The average molecular weight is 266 g/mol. The highest BCUT2D eigenvalue weighted by molar-refractivity contribution is 8.00. The average Bonchev–Trinajstić information content (AvgIpc) is 2.17. The van der Waals surface area contributed by atoms with E-state index in [1.54, 1.807) is 0 Å². The molecule has 0 aliphatic rings. The van der Waals surface area contributed by atoms with E-state index in [4.69, 9.17) is 0 Å². The van der Waals surface area contributed by atoms with Crippen LogP contribution in [0.1, 0.15) is 0 Å². The third-order valence-electron chi connectivity index (χ3n) is 1.23. The Morgan fingerprint density at radius 2 is 1.94 bits per heavy atom. The Bertz CT molecular complexity index is 501. The third kappa shape index (κ3) is 2.29. The molecule has 1 unspecified atom stereocenters. The van der Waals surface area contributed by atoms with E-state index < -0.39 is 36.2 Å². The predicted molar refractivity (Wildman–Crippen MR) is 47.4 cm³/mol. The highest BCUT2D eigenvalue weighted by Gasteiger charge is 2.31. The van der Waals surface area contributed by atoms with Crippen molar-refractivity contribution >= 4 is 27.3 Å². The minimum absolute atomic E-state index is 0.567. The van der Waals surface area contributed by atoms with Crippen LogP contribution in [0.15, 0.2) is 17.8 Å². The monoisotopic (exact) mass is 266 g/mol. The maximum Gasteiger partial charge on any atom is 0.340 e. The number of primary amides is 1. The Hall–Kier alpha value is -1.66. The second-order valence-electron chi connectivity index (χ2n) is 2.21. The molecule has 1 atom stereocenters. The number of aromatic nitrogens is 3. The van der Waals surface area contributed by atoms with Gasteiger partial charge in [-0.05, 0) is 0 Å². The van der Waals surface area contributed by atoms with Crippen molar-refractivity contribution < 1.29 is 22.0 Å². The van der Waals surface area contributed by atoms with Gasteiger partial charge in [-0.25, -0.2) is 19.7 Å². The van der Waals surface area contributed by atoms with Gasteiger partial charge in [0, 0.05) is 0 Å². The van der Waals surface area contributed by atoms with E-state index in [1.807, 2.05) is 0 Å². The summed E-state index contributed by atoms with van der Waals surface area (Å²) in [5.74, 6) is 0. The number of sulfonamides is 1. The molecule has 0 saturated carbocycles. The minimum Gasteiger partial charge on any atom is -0.754 e. The zero-order valence-corrected chi connectivity index (χ0v) is 9.01. The van der Waals surface area contributed by atoms with E-state index in [-0.39, 0.29) is 0 Å². The van der Waals surface area contributed by atoms with Crippen LogP contribution < -0.4 is 5.73 Å². The molecule has 0 fully saturated rings. The Balaban J connectivity index is 3.31. The first-order chi connectivity index (χ1) is 7.37. The van der Waals surface area contributed by atoms with E-state index in [0.29, 0.717) is 0 Å². The Morgan fingerprint density at radius 3 is 2.31 bits per heavy atom. The molecule has 2 amide bonds. The number of hydrogen-bond donors (Lipinski definition) is 1. The summed E-state index contributed by atoms with van der Waals surface area (Å²) in [5.41, 5.74) is 4.60. The van der Waals surface area contributed by atoms with Crippen LogP contribution in [0.2, 0.25) is 0 Å². The van der Waals surface area contributed by atoms with Crippen LogP contribution in [0.25, 0.3) is 0 Å². The van der Waals surface area contributed by atoms with E-state index >= 15 is 0 Å². The summed E-state index contributed by atoms with van der Waals surface area (Å²) in [6, 6.07) is -1.69.